The maximum Gasteiger partial charge on any atom is 0.133 e. The highest BCUT2D eigenvalue weighted by Crippen LogP contribution is 2.50. The number of phenolic OH excluding ortho intramolecular Hbond substituents is 3. The van der Waals surface area contributed by atoms with Crippen molar-refractivity contribution in [2.75, 3.05) is 21.3 Å². The second-order valence-corrected chi connectivity index (χ2v) is 25.8. The van der Waals surface area contributed by atoms with Crippen LogP contribution >= 0.6 is 67.8 Å². The molecule has 0 saturated carbocycles. The number of phenols is 3. The average Bonchev–Trinajstić information content (AvgIpc) is 3.35. The van der Waals surface area contributed by atoms with Gasteiger partial charge in [0.1, 0.15) is 34.5 Å². The van der Waals surface area contributed by atoms with Crippen molar-refractivity contribution in [2.45, 2.75) is 178 Å². The Morgan fingerprint density at radius 1 is 0.280 bits per heavy atom. The first-order valence-electron chi connectivity index (χ1n) is 26.8. The zero-order chi connectivity index (χ0) is 56.7. The van der Waals surface area contributed by atoms with E-state index in [0.29, 0.717) is 62.6 Å². The fourth-order valence-corrected chi connectivity index (χ4v) is 12.0. The highest BCUT2D eigenvalue weighted by atomic mass is 127. The Kier molecular flexibility index (Phi) is 23.6. The van der Waals surface area contributed by atoms with Crippen LogP contribution in [0, 0.1) is 10.7 Å². The molecule has 6 aromatic rings. The Hall–Kier alpha value is -3.69. The molecule has 0 fully saturated rings. The van der Waals surface area contributed by atoms with Gasteiger partial charge < -0.3 is 29.5 Å². The minimum absolute atomic E-state index is 0.209. The lowest BCUT2D eigenvalue weighted by molar-refractivity contribution is 0.402. The Labute approximate surface area is 493 Å². The molecule has 0 aliphatic rings. The molecule has 0 heterocycles. The van der Waals surface area contributed by atoms with Crippen molar-refractivity contribution >= 4 is 67.8 Å². The normalized spacial score (nSPS) is 11.6. The molecule has 0 aromatic heterocycles. The molecule has 6 aromatic carbocycles. The summed E-state index contributed by atoms with van der Waals surface area (Å²) in [6, 6.07) is 24.6. The molecule has 0 aliphatic carbocycles. The number of methoxy groups -OCH3 is 3. The third-order valence-corrected chi connectivity index (χ3v) is 17.3. The molecule has 75 heavy (non-hydrogen) atoms. The maximum absolute atomic E-state index is 10.5. The number of rotatable bonds is 15. The van der Waals surface area contributed by atoms with E-state index in [0.717, 1.165) is 46.6 Å². The predicted octanol–water partition coefficient (Wildman–Crippen LogP) is 21.1. The quantitative estimate of drug-likeness (QED) is 0.0701. The second-order valence-electron chi connectivity index (χ2n) is 22.5. The second kappa shape index (κ2) is 27.8. The molecular formula is C66H87I3O6. The smallest absolute Gasteiger partial charge is 0.133 e. The van der Waals surface area contributed by atoms with Gasteiger partial charge in [-0.15, -0.1) is 0 Å². The lowest BCUT2D eigenvalue weighted by Gasteiger charge is -2.25. The highest BCUT2D eigenvalue weighted by Gasteiger charge is 2.27. The lowest BCUT2D eigenvalue weighted by atomic mass is 9.81. The van der Waals surface area contributed by atoms with Crippen LogP contribution in [0.4, 0.5) is 0 Å². The van der Waals surface area contributed by atoms with Crippen LogP contribution in [0.15, 0.2) is 72.8 Å². The topological polar surface area (TPSA) is 88.4 Å². The minimum atomic E-state index is 0.209. The van der Waals surface area contributed by atoms with E-state index in [2.05, 4.69) is 229 Å². The van der Waals surface area contributed by atoms with Gasteiger partial charge in [-0.05, 0) is 224 Å². The average molecular weight is 1360 g/mol. The largest absolute Gasteiger partial charge is 0.507 e. The van der Waals surface area contributed by atoms with Gasteiger partial charge in [0, 0.05) is 16.7 Å². The predicted molar refractivity (Wildman–Crippen MR) is 345 cm³/mol. The van der Waals surface area contributed by atoms with Crippen LogP contribution < -0.4 is 14.2 Å². The molecule has 6 rings (SSSR count). The summed E-state index contributed by atoms with van der Waals surface area (Å²) in [4.78, 5) is 0. The number of halogens is 3. The van der Waals surface area contributed by atoms with Crippen molar-refractivity contribution in [3.63, 3.8) is 0 Å². The van der Waals surface area contributed by atoms with E-state index in [-0.39, 0.29) is 11.5 Å². The Balaban J connectivity index is 0.000000244. The first-order valence-corrected chi connectivity index (χ1v) is 30.0. The molecule has 0 bridgehead atoms. The first-order chi connectivity index (χ1) is 35.1. The number of hydrogen-bond donors (Lipinski definition) is 3. The fraction of sp³-hybridized carbons (Fsp3) is 0.455. The summed E-state index contributed by atoms with van der Waals surface area (Å²) < 4.78 is 19.7. The number of benzene rings is 6. The summed E-state index contributed by atoms with van der Waals surface area (Å²) >= 11 is 6.75. The number of ether oxygens (including phenoxy) is 3. The van der Waals surface area contributed by atoms with Gasteiger partial charge in [-0.2, -0.15) is 0 Å². The Morgan fingerprint density at radius 2 is 0.507 bits per heavy atom. The van der Waals surface area contributed by atoms with E-state index in [1.165, 1.54) is 61.2 Å². The number of hydrogen-bond acceptors (Lipinski definition) is 6. The summed E-state index contributed by atoms with van der Waals surface area (Å²) in [6.45, 7) is 40.1. The van der Waals surface area contributed by atoms with E-state index in [9.17, 15) is 15.3 Å². The Morgan fingerprint density at radius 3 is 0.787 bits per heavy atom. The van der Waals surface area contributed by atoms with Gasteiger partial charge in [-0.25, -0.2) is 0 Å². The lowest BCUT2D eigenvalue weighted by Crippen LogP contribution is -2.06. The summed E-state index contributed by atoms with van der Waals surface area (Å²) in [5.74, 6) is 7.03. The molecule has 6 nitrogen and oxygen atoms in total. The molecule has 3 N–H and O–H groups in total. The van der Waals surface area contributed by atoms with Gasteiger partial charge in [0.05, 0.1) is 32.0 Å². The van der Waals surface area contributed by atoms with Crippen LogP contribution in [-0.2, 0) is 0 Å². The van der Waals surface area contributed by atoms with Crippen LogP contribution in [0.5, 0.6) is 34.5 Å². The van der Waals surface area contributed by atoms with Gasteiger partial charge in [0.2, 0.25) is 0 Å². The van der Waals surface area contributed by atoms with E-state index in [1.807, 2.05) is 18.2 Å². The maximum atomic E-state index is 10.5. The molecule has 0 unspecified atom stereocenters. The first kappa shape index (κ1) is 63.8. The highest BCUT2D eigenvalue weighted by molar-refractivity contribution is 14.1. The summed E-state index contributed by atoms with van der Waals surface area (Å²) in [6.07, 6.45) is 0. The molecular weight excluding hydrogens is 1270 g/mol. The van der Waals surface area contributed by atoms with Crippen molar-refractivity contribution in [3.8, 4) is 67.9 Å². The standard InChI is InChI=1S/C23H31IO2.C22H29IO2.C21H27IO2/c1-13(2)16-11-17(14(3)4)21(18(12-16)15(5)6)22-19(25-7)9-10-20(26-8)23(22)24;1-12(2)15-10-16(13(3)4)20(17(11-15)14(5)6)21-19(25-7)9-8-18(24)22(21)23;1-11(2)14-9-15(12(3)4)19(16(10-14)13(5)6)20-17(23)7-8-18(24)21(20)22/h9-15H,1-8H3;8-14,24H,1-7H3;7-13,23-24H,1-6H3. The molecule has 0 radical (unpaired) electrons. The van der Waals surface area contributed by atoms with Gasteiger partial charge in [-0.1, -0.05) is 161 Å². The molecule has 408 valence electrons. The van der Waals surface area contributed by atoms with Gasteiger partial charge in [0.25, 0.3) is 0 Å². The third-order valence-electron chi connectivity index (χ3n) is 14.1. The zero-order valence-corrected chi connectivity index (χ0v) is 55.3. The van der Waals surface area contributed by atoms with Gasteiger partial charge in [0.15, 0.2) is 0 Å². The van der Waals surface area contributed by atoms with E-state index >= 15 is 0 Å². The fourth-order valence-electron chi connectivity index (χ4n) is 9.58. The van der Waals surface area contributed by atoms with Crippen molar-refractivity contribution < 1.29 is 29.5 Å². The summed E-state index contributed by atoms with van der Waals surface area (Å²) in [7, 11) is 5.16. The third kappa shape index (κ3) is 14.7. The number of aromatic hydroxyl groups is 3. The van der Waals surface area contributed by atoms with Crippen molar-refractivity contribution in [1.29, 1.82) is 0 Å². The van der Waals surface area contributed by atoms with Crippen molar-refractivity contribution in [3.05, 3.63) is 134 Å². The van der Waals surface area contributed by atoms with Crippen LogP contribution in [-0.4, -0.2) is 36.6 Å². The van der Waals surface area contributed by atoms with Crippen LogP contribution in [0.2, 0.25) is 0 Å². The molecule has 0 spiro atoms. The Bertz CT molecular complexity index is 2820. The monoisotopic (exact) mass is 1360 g/mol. The van der Waals surface area contributed by atoms with Gasteiger partial charge >= 0.3 is 0 Å². The molecule has 0 atom stereocenters. The van der Waals surface area contributed by atoms with Crippen LogP contribution in [0.1, 0.15) is 228 Å². The van der Waals surface area contributed by atoms with Crippen molar-refractivity contribution in [2.24, 2.45) is 0 Å². The minimum Gasteiger partial charge on any atom is -0.507 e. The summed E-state index contributed by atoms with van der Waals surface area (Å²) in [5.41, 5.74) is 18.4. The molecule has 0 aliphatic heterocycles. The van der Waals surface area contributed by atoms with E-state index in [1.54, 1.807) is 39.5 Å². The molecule has 0 amide bonds. The molecule has 9 heteroatoms. The summed E-state index contributed by atoms with van der Waals surface area (Å²) in [5, 5.41) is 31.0. The SMILES string of the molecule is CC(C)c1cc(C(C)C)c(-c2c(O)ccc(O)c2I)c(C(C)C)c1.COc1ccc(O)c(I)c1-c1c(C(C)C)cc(C(C)C)cc1C(C)C.COc1ccc(OC)c(-c2c(C(C)C)cc(C(C)C)cc2C(C)C)c1I. The van der Waals surface area contributed by atoms with Crippen LogP contribution in [0.25, 0.3) is 33.4 Å². The van der Waals surface area contributed by atoms with Crippen molar-refractivity contribution in [1.82, 2.24) is 0 Å². The zero-order valence-electron chi connectivity index (χ0n) is 48.8. The van der Waals surface area contributed by atoms with E-state index < -0.39 is 0 Å². The molecule has 0 saturated heterocycles. The van der Waals surface area contributed by atoms with Crippen LogP contribution in [0.3, 0.4) is 0 Å². The van der Waals surface area contributed by atoms with Gasteiger partial charge in [-0.3, -0.25) is 0 Å². The van der Waals surface area contributed by atoms with E-state index in [4.69, 9.17) is 14.2 Å².